The Kier molecular flexibility index (Phi) is 4.83. The summed E-state index contributed by atoms with van der Waals surface area (Å²) in [4.78, 5) is 2.39. The molecule has 4 heteroatoms. The van der Waals surface area contributed by atoms with Crippen LogP contribution in [0, 0.1) is 11.3 Å². The molecule has 2 aliphatic rings. The number of nitriles is 1. The molecule has 0 aromatic rings. The molecule has 4 nitrogen and oxygen atoms in total. The van der Waals surface area contributed by atoms with Crippen molar-refractivity contribution < 1.29 is 4.74 Å². The van der Waals surface area contributed by atoms with Crippen molar-refractivity contribution in [2.75, 3.05) is 20.8 Å². The van der Waals surface area contributed by atoms with E-state index in [2.05, 4.69) is 30.3 Å². The Morgan fingerprint density at radius 3 is 2.79 bits per heavy atom. The molecule has 0 spiro atoms. The van der Waals surface area contributed by atoms with Crippen LogP contribution in [0.1, 0.15) is 45.4 Å². The Morgan fingerprint density at radius 2 is 2.21 bits per heavy atom. The van der Waals surface area contributed by atoms with Crippen LogP contribution in [0.15, 0.2) is 0 Å². The zero-order valence-corrected chi connectivity index (χ0v) is 12.5. The van der Waals surface area contributed by atoms with Gasteiger partial charge in [0.2, 0.25) is 0 Å². The Bertz CT molecular complexity index is 337. The maximum atomic E-state index is 9.60. The van der Waals surface area contributed by atoms with E-state index >= 15 is 0 Å². The monoisotopic (exact) mass is 265 g/mol. The summed E-state index contributed by atoms with van der Waals surface area (Å²) in [5.41, 5.74) is -0.287. The van der Waals surface area contributed by atoms with Crippen LogP contribution in [0.4, 0.5) is 0 Å². The largest absolute Gasteiger partial charge is 0.383 e. The van der Waals surface area contributed by atoms with Gasteiger partial charge in [-0.25, -0.2) is 0 Å². The molecule has 0 heterocycles. The van der Waals surface area contributed by atoms with Gasteiger partial charge in [-0.2, -0.15) is 5.26 Å². The Labute approximate surface area is 117 Å². The molecule has 0 saturated heterocycles. The lowest BCUT2D eigenvalue weighted by Crippen LogP contribution is -2.54. The Morgan fingerprint density at radius 1 is 1.47 bits per heavy atom. The average Bonchev–Trinajstić information content (AvgIpc) is 3.22. The number of hydrogen-bond donors (Lipinski definition) is 1. The number of likely N-dealkylation sites (N-methyl/N-ethyl adjacent to an activating group) is 1. The predicted molar refractivity (Wildman–Crippen MR) is 75.9 cm³/mol. The number of hydrogen-bond acceptors (Lipinski definition) is 4. The molecule has 0 aliphatic heterocycles. The van der Waals surface area contributed by atoms with Gasteiger partial charge in [-0.1, -0.05) is 0 Å². The lowest BCUT2D eigenvalue weighted by Gasteiger charge is -2.42. The third-order valence-corrected chi connectivity index (χ3v) is 4.68. The second kappa shape index (κ2) is 6.21. The summed E-state index contributed by atoms with van der Waals surface area (Å²) in [6, 6.07) is 4.07. The number of ether oxygens (including phenoxy) is 1. The molecule has 0 radical (unpaired) electrons. The third-order valence-electron chi connectivity index (χ3n) is 4.68. The van der Waals surface area contributed by atoms with Gasteiger partial charge in [0.05, 0.1) is 12.7 Å². The topological polar surface area (TPSA) is 48.3 Å². The first kappa shape index (κ1) is 14.8. The molecule has 0 bridgehead atoms. The van der Waals surface area contributed by atoms with Gasteiger partial charge in [0.15, 0.2) is 0 Å². The standard InChI is InChI=1S/C15H27N3O/c1-12(10-19-3)18(2)14-5-4-8-15(9-14,11-16)17-13-6-7-13/h12-14,17H,4-10H2,1-3H3. The van der Waals surface area contributed by atoms with E-state index in [9.17, 15) is 5.26 Å². The fraction of sp³-hybridized carbons (Fsp3) is 0.933. The van der Waals surface area contributed by atoms with E-state index in [4.69, 9.17) is 4.74 Å². The summed E-state index contributed by atoms with van der Waals surface area (Å²) in [6.07, 6.45) is 6.77. The highest BCUT2D eigenvalue weighted by atomic mass is 16.5. The number of rotatable bonds is 6. The van der Waals surface area contributed by atoms with Crippen LogP contribution in [-0.4, -0.2) is 49.3 Å². The molecular weight excluding hydrogens is 238 g/mol. The van der Waals surface area contributed by atoms with Gasteiger partial charge in [-0.3, -0.25) is 10.2 Å². The maximum absolute atomic E-state index is 9.60. The van der Waals surface area contributed by atoms with Crippen molar-refractivity contribution in [3.05, 3.63) is 0 Å². The van der Waals surface area contributed by atoms with Crippen LogP contribution in [0.5, 0.6) is 0 Å². The SMILES string of the molecule is COCC(C)N(C)C1CCCC(C#N)(NC2CC2)C1. The van der Waals surface area contributed by atoms with Crippen molar-refractivity contribution >= 4 is 0 Å². The molecule has 2 rings (SSSR count). The van der Waals surface area contributed by atoms with Crippen LogP contribution >= 0.6 is 0 Å². The second-order valence-electron chi connectivity index (χ2n) is 6.33. The predicted octanol–water partition coefficient (Wildman–Crippen LogP) is 1.91. The molecule has 3 unspecified atom stereocenters. The Balaban J connectivity index is 1.96. The minimum Gasteiger partial charge on any atom is -0.383 e. The minimum absolute atomic E-state index is 0.287. The lowest BCUT2D eigenvalue weighted by atomic mass is 9.79. The van der Waals surface area contributed by atoms with E-state index < -0.39 is 0 Å². The maximum Gasteiger partial charge on any atom is 0.108 e. The van der Waals surface area contributed by atoms with Gasteiger partial charge >= 0.3 is 0 Å². The van der Waals surface area contributed by atoms with Crippen molar-refractivity contribution in [3.63, 3.8) is 0 Å². The smallest absolute Gasteiger partial charge is 0.108 e. The fourth-order valence-electron chi connectivity index (χ4n) is 3.20. The molecule has 0 aromatic heterocycles. The van der Waals surface area contributed by atoms with Crippen molar-refractivity contribution in [3.8, 4) is 6.07 Å². The first-order valence-electron chi connectivity index (χ1n) is 7.50. The van der Waals surface area contributed by atoms with Crippen LogP contribution in [0.3, 0.4) is 0 Å². The van der Waals surface area contributed by atoms with Crippen molar-refractivity contribution in [1.82, 2.24) is 10.2 Å². The Hall–Kier alpha value is -0.630. The number of nitrogens with zero attached hydrogens (tertiary/aromatic N) is 2. The number of nitrogens with one attached hydrogen (secondary N) is 1. The molecule has 0 aromatic carbocycles. The van der Waals surface area contributed by atoms with E-state index in [-0.39, 0.29) is 5.54 Å². The highest BCUT2D eigenvalue weighted by Crippen LogP contribution is 2.34. The van der Waals surface area contributed by atoms with E-state index in [0.29, 0.717) is 18.1 Å². The lowest BCUT2D eigenvalue weighted by molar-refractivity contribution is 0.0616. The fourth-order valence-corrected chi connectivity index (χ4v) is 3.20. The molecule has 3 atom stereocenters. The summed E-state index contributed by atoms with van der Waals surface area (Å²) in [7, 11) is 3.92. The normalized spacial score (nSPS) is 33.1. The van der Waals surface area contributed by atoms with Crippen LogP contribution in [0.2, 0.25) is 0 Å². The quantitative estimate of drug-likeness (QED) is 0.797. The zero-order chi connectivity index (χ0) is 13.9. The van der Waals surface area contributed by atoms with E-state index in [1.165, 1.54) is 19.3 Å². The van der Waals surface area contributed by atoms with Gasteiger partial charge in [0.1, 0.15) is 5.54 Å². The summed E-state index contributed by atoms with van der Waals surface area (Å²) in [5, 5.41) is 13.2. The molecular formula is C15H27N3O. The first-order chi connectivity index (χ1) is 9.10. The van der Waals surface area contributed by atoms with Crippen LogP contribution in [0.25, 0.3) is 0 Å². The molecule has 2 aliphatic carbocycles. The summed E-state index contributed by atoms with van der Waals surface area (Å²) in [5.74, 6) is 0. The third kappa shape index (κ3) is 3.68. The van der Waals surface area contributed by atoms with Crippen molar-refractivity contribution in [2.24, 2.45) is 0 Å². The van der Waals surface area contributed by atoms with E-state index in [1.807, 2.05) is 0 Å². The van der Waals surface area contributed by atoms with Crippen LogP contribution in [-0.2, 0) is 4.74 Å². The highest BCUT2D eigenvalue weighted by molar-refractivity contribution is 5.13. The van der Waals surface area contributed by atoms with Gasteiger partial charge in [-0.05, 0) is 52.5 Å². The molecule has 2 saturated carbocycles. The van der Waals surface area contributed by atoms with Gasteiger partial charge in [0, 0.05) is 25.2 Å². The zero-order valence-electron chi connectivity index (χ0n) is 12.5. The van der Waals surface area contributed by atoms with E-state index in [0.717, 1.165) is 25.9 Å². The van der Waals surface area contributed by atoms with Crippen molar-refractivity contribution in [2.45, 2.75) is 69.1 Å². The summed E-state index contributed by atoms with van der Waals surface area (Å²) < 4.78 is 5.25. The van der Waals surface area contributed by atoms with Gasteiger partial charge in [-0.15, -0.1) is 0 Å². The second-order valence-corrected chi connectivity index (χ2v) is 6.33. The molecule has 108 valence electrons. The van der Waals surface area contributed by atoms with Crippen molar-refractivity contribution in [1.29, 1.82) is 5.26 Å². The molecule has 1 N–H and O–H groups in total. The minimum atomic E-state index is -0.287. The van der Waals surface area contributed by atoms with Gasteiger partial charge < -0.3 is 4.74 Å². The molecule has 0 amide bonds. The van der Waals surface area contributed by atoms with Gasteiger partial charge in [0.25, 0.3) is 0 Å². The summed E-state index contributed by atoms with van der Waals surface area (Å²) >= 11 is 0. The summed E-state index contributed by atoms with van der Waals surface area (Å²) in [6.45, 7) is 2.95. The first-order valence-corrected chi connectivity index (χ1v) is 7.50. The van der Waals surface area contributed by atoms with E-state index in [1.54, 1.807) is 7.11 Å². The van der Waals surface area contributed by atoms with Crippen LogP contribution < -0.4 is 5.32 Å². The molecule has 19 heavy (non-hydrogen) atoms. The molecule has 2 fully saturated rings. The highest BCUT2D eigenvalue weighted by Gasteiger charge is 2.41. The average molecular weight is 265 g/mol. The number of methoxy groups -OCH3 is 1.